The molecule has 1 aliphatic heterocycles. The molecule has 0 amide bonds. The van der Waals surface area contributed by atoms with E-state index in [1.165, 1.54) is 10.9 Å². The molecule has 2 aromatic heterocycles. The first-order chi connectivity index (χ1) is 14.0. The summed E-state index contributed by atoms with van der Waals surface area (Å²) in [5.41, 5.74) is 1.28. The Bertz CT molecular complexity index is 996. The van der Waals surface area contributed by atoms with Gasteiger partial charge in [0.05, 0.1) is 12.6 Å². The van der Waals surface area contributed by atoms with Crippen molar-refractivity contribution < 1.29 is 9.13 Å². The van der Waals surface area contributed by atoms with Crippen molar-refractivity contribution in [2.45, 2.75) is 38.5 Å². The van der Waals surface area contributed by atoms with Crippen LogP contribution in [0.4, 0.5) is 22.0 Å². The maximum absolute atomic E-state index is 14.2. The number of methoxy groups -OCH3 is 1. The number of aromatic nitrogens is 3. The van der Waals surface area contributed by atoms with Crippen LogP contribution in [-0.4, -0.2) is 47.4 Å². The summed E-state index contributed by atoms with van der Waals surface area (Å²) in [5.74, 6) is 2.28. The number of hydrogen-bond acceptors (Lipinski definition) is 6. The molecule has 1 saturated heterocycles. The minimum atomic E-state index is -1.05. The zero-order valence-electron chi connectivity index (χ0n) is 17.0. The van der Waals surface area contributed by atoms with Crippen molar-refractivity contribution in [2.75, 3.05) is 30.4 Å². The fraction of sp³-hybridized carbons (Fsp3) is 0.409. The van der Waals surface area contributed by atoms with Crippen LogP contribution in [0.1, 0.15) is 31.7 Å². The van der Waals surface area contributed by atoms with E-state index in [0.717, 1.165) is 11.2 Å². The number of ether oxygens (including phenoxy) is 1. The van der Waals surface area contributed by atoms with Gasteiger partial charge in [0.1, 0.15) is 17.8 Å². The van der Waals surface area contributed by atoms with Gasteiger partial charge in [0, 0.05) is 31.4 Å². The summed E-state index contributed by atoms with van der Waals surface area (Å²) in [6.45, 7) is 5.26. The Morgan fingerprint density at radius 2 is 2.07 bits per heavy atom. The molecule has 29 heavy (non-hydrogen) atoms. The Morgan fingerprint density at radius 3 is 2.83 bits per heavy atom. The van der Waals surface area contributed by atoms with Gasteiger partial charge in [0.15, 0.2) is 0 Å². The average molecular weight is 395 g/mol. The molecule has 0 saturated carbocycles. The van der Waals surface area contributed by atoms with E-state index in [-0.39, 0.29) is 12.6 Å². The fourth-order valence-electron chi connectivity index (χ4n) is 3.80. The zero-order chi connectivity index (χ0) is 20.4. The van der Waals surface area contributed by atoms with Gasteiger partial charge >= 0.3 is 0 Å². The van der Waals surface area contributed by atoms with Gasteiger partial charge in [-0.2, -0.15) is 4.98 Å². The molecule has 3 heterocycles. The van der Waals surface area contributed by atoms with Crippen LogP contribution >= 0.6 is 0 Å². The maximum atomic E-state index is 14.2. The molecular formula is C22H26FN5O. The van der Waals surface area contributed by atoms with Crippen LogP contribution in [0.3, 0.4) is 0 Å². The molecule has 1 aromatic carbocycles. The monoisotopic (exact) mass is 395 g/mol. The number of rotatable bonds is 5. The van der Waals surface area contributed by atoms with Crippen molar-refractivity contribution in [1.82, 2.24) is 15.0 Å². The number of halogens is 1. The third kappa shape index (κ3) is 4.15. The molecule has 2 atom stereocenters. The van der Waals surface area contributed by atoms with Gasteiger partial charge in [-0.3, -0.25) is 0 Å². The van der Waals surface area contributed by atoms with Gasteiger partial charge in [0.2, 0.25) is 5.95 Å². The summed E-state index contributed by atoms with van der Waals surface area (Å²) in [6.07, 6.45) is 2.76. The molecule has 0 radical (unpaired) electrons. The third-order valence-electron chi connectivity index (χ3n) is 5.39. The molecule has 0 unspecified atom stereocenters. The number of piperidine rings is 1. The van der Waals surface area contributed by atoms with Crippen molar-refractivity contribution in [3.8, 4) is 0 Å². The second kappa shape index (κ2) is 8.29. The number of nitrogens with one attached hydrogen (secondary N) is 1. The van der Waals surface area contributed by atoms with Crippen LogP contribution in [-0.2, 0) is 4.74 Å². The minimum Gasteiger partial charge on any atom is -0.378 e. The van der Waals surface area contributed by atoms with Crippen molar-refractivity contribution in [3.05, 3.63) is 48.3 Å². The lowest BCUT2D eigenvalue weighted by Gasteiger charge is -2.33. The molecule has 0 bridgehead atoms. The van der Waals surface area contributed by atoms with Crippen molar-refractivity contribution in [3.63, 3.8) is 0 Å². The van der Waals surface area contributed by atoms with E-state index < -0.39 is 6.17 Å². The normalized spacial score (nSPS) is 19.7. The highest BCUT2D eigenvalue weighted by atomic mass is 19.1. The number of benzene rings is 1. The standard InChI is InChI=1S/C22H26FN5O/c1-14(2)16-6-4-5-15-12-25-21(11-17(15)16)26-20-7-9-24-22(27-20)28-10-8-19(29-3)18(23)13-28/h4-7,9,11-12,14,18-19H,8,10,13H2,1-3H3,(H,24,25,26,27)/t18-,19+/m0/s1. The number of nitrogens with zero attached hydrogens (tertiary/aromatic N) is 4. The van der Waals surface area contributed by atoms with Crippen LogP contribution in [0.5, 0.6) is 0 Å². The highest BCUT2D eigenvalue weighted by Gasteiger charge is 2.30. The summed E-state index contributed by atoms with van der Waals surface area (Å²) >= 11 is 0. The van der Waals surface area contributed by atoms with Crippen LogP contribution in [0, 0.1) is 0 Å². The van der Waals surface area contributed by atoms with Crippen molar-refractivity contribution >= 4 is 28.4 Å². The van der Waals surface area contributed by atoms with Crippen molar-refractivity contribution in [2.24, 2.45) is 0 Å². The summed E-state index contributed by atoms with van der Waals surface area (Å²) < 4.78 is 19.4. The fourth-order valence-corrected chi connectivity index (χ4v) is 3.80. The highest BCUT2D eigenvalue weighted by Crippen LogP contribution is 2.28. The number of pyridine rings is 1. The largest absolute Gasteiger partial charge is 0.378 e. The topological polar surface area (TPSA) is 63.2 Å². The quantitative estimate of drug-likeness (QED) is 0.688. The van der Waals surface area contributed by atoms with Gasteiger partial charge in [-0.25, -0.2) is 14.4 Å². The predicted molar refractivity (Wildman–Crippen MR) is 114 cm³/mol. The van der Waals surface area contributed by atoms with E-state index in [9.17, 15) is 4.39 Å². The first-order valence-corrected chi connectivity index (χ1v) is 9.95. The lowest BCUT2D eigenvalue weighted by molar-refractivity contribution is 0.0194. The predicted octanol–water partition coefficient (Wildman–Crippen LogP) is 4.46. The van der Waals surface area contributed by atoms with Crippen molar-refractivity contribution in [1.29, 1.82) is 0 Å². The first kappa shape index (κ1) is 19.5. The molecule has 6 nitrogen and oxygen atoms in total. The first-order valence-electron chi connectivity index (χ1n) is 9.95. The van der Waals surface area contributed by atoms with Gasteiger partial charge in [-0.1, -0.05) is 32.0 Å². The molecule has 152 valence electrons. The molecule has 1 aliphatic rings. The second-order valence-corrected chi connectivity index (χ2v) is 7.68. The Kier molecular flexibility index (Phi) is 5.58. The molecule has 7 heteroatoms. The Labute approximate surface area is 170 Å². The molecule has 0 spiro atoms. The second-order valence-electron chi connectivity index (χ2n) is 7.68. The summed E-state index contributed by atoms with van der Waals surface area (Å²) in [4.78, 5) is 15.3. The van der Waals surface area contributed by atoms with E-state index in [1.807, 2.05) is 17.2 Å². The lowest BCUT2D eigenvalue weighted by Crippen LogP contribution is -2.46. The van der Waals surface area contributed by atoms with Gasteiger partial charge in [0.25, 0.3) is 0 Å². The van der Waals surface area contributed by atoms with Gasteiger partial charge < -0.3 is 15.0 Å². The van der Waals surface area contributed by atoms with Gasteiger partial charge in [-0.15, -0.1) is 0 Å². The minimum absolute atomic E-state index is 0.230. The molecule has 1 N–H and O–H groups in total. The molecule has 0 aliphatic carbocycles. The Morgan fingerprint density at radius 1 is 1.21 bits per heavy atom. The average Bonchev–Trinajstić information content (AvgIpc) is 2.73. The van der Waals surface area contributed by atoms with E-state index in [4.69, 9.17) is 4.74 Å². The Hall–Kier alpha value is -2.80. The van der Waals surface area contributed by atoms with Crippen LogP contribution < -0.4 is 10.2 Å². The maximum Gasteiger partial charge on any atom is 0.227 e. The number of hydrogen-bond donors (Lipinski definition) is 1. The lowest BCUT2D eigenvalue weighted by atomic mass is 9.97. The summed E-state index contributed by atoms with van der Waals surface area (Å²) in [6, 6.07) is 10.1. The van der Waals surface area contributed by atoms with E-state index >= 15 is 0 Å². The molecule has 4 rings (SSSR count). The van der Waals surface area contributed by atoms with Gasteiger partial charge in [-0.05, 0) is 35.4 Å². The van der Waals surface area contributed by atoms with Crippen LogP contribution in [0.2, 0.25) is 0 Å². The third-order valence-corrected chi connectivity index (χ3v) is 5.39. The molecule has 3 aromatic rings. The highest BCUT2D eigenvalue weighted by molar-refractivity contribution is 5.88. The Balaban J connectivity index is 1.56. The van der Waals surface area contributed by atoms with Crippen LogP contribution in [0.15, 0.2) is 42.7 Å². The molecular weight excluding hydrogens is 369 g/mol. The summed E-state index contributed by atoms with van der Waals surface area (Å²) in [5, 5.41) is 5.55. The van der Waals surface area contributed by atoms with E-state index in [2.05, 4.69) is 52.3 Å². The number of fused-ring (bicyclic) bond motifs is 1. The summed E-state index contributed by atoms with van der Waals surface area (Å²) in [7, 11) is 1.55. The molecule has 1 fully saturated rings. The smallest absolute Gasteiger partial charge is 0.227 e. The van der Waals surface area contributed by atoms with E-state index in [0.29, 0.717) is 30.6 Å². The van der Waals surface area contributed by atoms with E-state index in [1.54, 1.807) is 19.4 Å². The number of anilines is 3. The zero-order valence-corrected chi connectivity index (χ0v) is 17.0. The van der Waals surface area contributed by atoms with Crippen LogP contribution in [0.25, 0.3) is 10.8 Å². The SMILES string of the molecule is CO[C@@H]1CCN(c2nccc(Nc3cc4c(C(C)C)cccc4cn3)n2)C[C@@H]1F. The number of alkyl halides is 1.